The molecule has 0 fully saturated rings. The summed E-state index contributed by atoms with van der Waals surface area (Å²) in [7, 11) is -2.15. The van der Waals surface area contributed by atoms with Gasteiger partial charge in [-0.3, -0.25) is 0 Å². The van der Waals surface area contributed by atoms with Gasteiger partial charge in [-0.05, 0) is 45.6 Å². The molecule has 0 aromatic carbocycles. The zero-order chi connectivity index (χ0) is 12.8. The van der Waals surface area contributed by atoms with Gasteiger partial charge in [0.2, 0.25) is 0 Å². The van der Waals surface area contributed by atoms with Crippen LogP contribution in [0.25, 0.3) is 0 Å². The van der Waals surface area contributed by atoms with Crippen molar-refractivity contribution in [3.63, 3.8) is 0 Å². The number of carbonyl (C=O) groups is 1. The maximum Gasteiger partial charge on any atom is 0.333 e. The quantitative estimate of drug-likeness (QED) is 0.305. The van der Waals surface area contributed by atoms with E-state index in [0.29, 0.717) is 12.2 Å². The SMILES string of the molecule is C=C(C)C(=O)OCCC[Si](C)(C)O[Si](C)C. The molecular formula is C11H23O3Si2. The maximum absolute atomic E-state index is 11.1. The van der Waals surface area contributed by atoms with Crippen LogP contribution in [0, 0.1) is 0 Å². The van der Waals surface area contributed by atoms with Gasteiger partial charge in [0.1, 0.15) is 0 Å². The zero-order valence-corrected chi connectivity index (χ0v) is 13.1. The van der Waals surface area contributed by atoms with Crippen LogP contribution in [-0.2, 0) is 13.6 Å². The molecule has 93 valence electrons. The lowest BCUT2D eigenvalue weighted by atomic mass is 10.4. The highest BCUT2D eigenvalue weighted by molar-refractivity contribution is 6.77. The van der Waals surface area contributed by atoms with Gasteiger partial charge in [0.15, 0.2) is 17.4 Å². The maximum atomic E-state index is 11.1. The summed E-state index contributed by atoms with van der Waals surface area (Å²) in [6.45, 7) is 14.4. The Balaban J connectivity index is 3.73. The summed E-state index contributed by atoms with van der Waals surface area (Å²) in [6, 6.07) is 1.03. The third kappa shape index (κ3) is 7.84. The van der Waals surface area contributed by atoms with Crippen molar-refractivity contribution in [2.75, 3.05) is 6.61 Å². The second-order valence-corrected chi connectivity index (χ2v) is 11.4. The standard InChI is InChI=1S/C11H23O3Si2/c1-10(2)11(12)13-8-7-9-16(5,6)14-15(3)4/h1,7-9H2,2-6H3. The molecule has 0 heterocycles. The first-order valence-corrected chi connectivity index (χ1v) is 11.1. The van der Waals surface area contributed by atoms with Crippen molar-refractivity contribution in [1.29, 1.82) is 0 Å². The fourth-order valence-corrected chi connectivity index (χ4v) is 7.21. The lowest BCUT2D eigenvalue weighted by Gasteiger charge is -2.25. The zero-order valence-electron chi connectivity index (χ0n) is 11.1. The molecule has 0 aliphatic rings. The summed E-state index contributed by atoms with van der Waals surface area (Å²) in [6.07, 6.45) is 0.882. The van der Waals surface area contributed by atoms with E-state index in [9.17, 15) is 4.79 Å². The Morgan fingerprint density at radius 3 is 2.38 bits per heavy atom. The summed E-state index contributed by atoms with van der Waals surface area (Å²) in [5.41, 5.74) is 0.459. The number of carbonyl (C=O) groups excluding carboxylic acids is 1. The Morgan fingerprint density at radius 2 is 1.94 bits per heavy atom. The fourth-order valence-electron chi connectivity index (χ4n) is 1.39. The van der Waals surface area contributed by atoms with Crippen LogP contribution in [0.3, 0.4) is 0 Å². The average molecular weight is 259 g/mol. The molecule has 3 nitrogen and oxygen atoms in total. The highest BCUT2D eigenvalue weighted by Crippen LogP contribution is 2.15. The molecule has 16 heavy (non-hydrogen) atoms. The third-order valence-electron chi connectivity index (χ3n) is 1.99. The molecule has 0 aromatic heterocycles. The minimum absolute atomic E-state index is 0.295. The van der Waals surface area contributed by atoms with Crippen molar-refractivity contribution < 1.29 is 13.6 Å². The van der Waals surface area contributed by atoms with E-state index in [0.717, 1.165) is 12.5 Å². The molecule has 0 aliphatic carbocycles. The Hall–Kier alpha value is -0.396. The van der Waals surface area contributed by atoms with E-state index < -0.39 is 17.4 Å². The smallest absolute Gasteiger partial charge is 0.333 e. The van der Waals surface area contributed by atoms with Crippen molar-refractivity contribution >= 4 is 23.3 Å². The molecule has 0 atom stereocenters. The predicted octanol–water partition coefficient (Wildman–Crippen LogP) is 2.97. The van der Waals surface area contributed by atoms with Crippen molar-refractivity contribution in [3.8, 4) is 0 Å². The molecule has 5 heteroatoms. The molecule has 0 N–H and O–H groups in total. The highest BCUT2D eigenvalue weighted by atomic mass is 28.4. The molecule has 0 aliphatic heterocycles. The van der Waals surface area contributed by atoms with Gasteiger partial charge in [-0.2, -0.15) is 0 Å². The molecule has 0 saturated carbocycles. The topological polar surface area (TPSA) is 35.5 Å². The largest absolute Gasteiger partial charge is 0.462 e. The van der Waals surface area contributed by atoms with Gasteiger partial charge in [0.25, 0.3) is 0 Å². The minimum atomic E-state index is -1.53. The van der Waals surface area contributed by atoms with Gasteiger partial charge in [-0.1, -0.05) is 6.58 Å². The first-order chi connectivity index (χ1) is 7.24. The number of esters is 1. The van der Waals surface area contributed by atoms with Gasteiger partial charge in [0, 0.05) is 5.57 Å². The molecule has 0 unspecified atom stereocenters. The van der Waals surface area contributed by atoms with Crippen molar-refractivity contribution in [3.05, 3.63) is 12.2 Å². The number of hydrogen-bond acceptors (Lipinski definition) is 3. The highest BCUT2D eigenvalue weighted by Gasteiger charge is 2.23. The van der Waals surface area contributed by atoms with Crippen LogP contribution in [0.1, 0.15) is 13.3 Å². The lowest BCUT2D eigenvalue weighted by Crippen LogP contribution is -2.35. The average Bonchev–Trinajstić information content (AvgIpc) is 2.09. The van der Waals surface area contributed by atoms with Crippen LogP contribution in [-0.4, -0.2) is 29.9 Å². The van der Waals surface area contributed by atoms with Gasteiger partial charge in [-0.25, -0.2) is 4.79 Å². The fraction of sp³-hybridized carbons (Fsp3) is 0.727. The van der Waals surface area contributed by atoms with E-state index in [4.69, 9.17) is 8.85 Å². The van der Waals surface area contributed by atoms with Gasteiger partial charge in [0.05, 0.1) is 6.61 Å². The number of ether oxygens (including phenoxy) is 1. The summed E-state index contributed by atoms with van der Waals surface area (Å²) in [4.78, 5) is 11.1. The van der Waals surface area contributed by atoms with E-state index in [1.165, 1.54) is 0 Å². The normalized spacial score (nSPS) is 11.6. The van der Waals surface area contributed by atoms with Crippen LogP contribution in [0.4, 0.5) is 0 Å². The third-order valence-corrected chi connectivity index (χ3v) is 7.39. The monoisotopic (exact) mass is 259 g/mol. The molecule has 0 amide bonds. The first-order valence-electron chi connectivity index (χ1n) is 5.56. The summed E-state index contributed by atoms with van der Waals surface area (Å²) < 4.78 is 11.0. The Labute approximate surface area is 102 Å². The summed E-state index contributed by atoms with van der Waals surface area (Å²) >= 11 is 0. The lowest BCUT2D eigenvalue weighted by molar-refractivity contribution is -0.138. The summed E-state index contributed by atoms with van der Waals surface area (Å²) in [5, 5.41) is 0. The van der Waals surface area contributed by atoms with Crippen LogP contribution in [0.15, 0.2) is 12.2 Å². The Morgan fingerprint density at radius 1 is 1.38 bits per heavy atom. The first kappa shape index (κ1) is 15.6. The molecule has 0 aromatic rings. The van der Waals surface area contributed by atoms with Crippen LogP contribution >= 0.6 is 0 Å². The van der Waals surface area contributed by atoms with Gasteiger partial charge < -0.3 is 8.85 Å². The molecule has 0 spiro atoms. The van der Waals surface area contributed by atoms with E-state index in [1.807, 2.05) is 0 Å². The molecule has 1 radical (unpaired) electrons. The van der Waals surface area contributed by atoms with Crippen LogP contribution < -0.4 is 0 Å². The Kier molecular flexibility index (Phi) is 6.86. The summed E-state index contributed by atoms with van der Waals surface area (Å²) in [5.74, 6) is -0.295. The van der Waals surface area contributed by atoms with Crippen molar-refractivity contribution in [2.24, 2.45) is 0 Å². The van der Waals surface area contributed by atoms with Crippen molar-refractivity contribution in [1.82, 2.24) is 0 Å². The molecule has 0 saturated heterocycles. The van der Waals surface area contributed by atoms with E-state index in [1.54, 1.807) is 6.92 Å². The second kappa shape index (κ2) is 7.03. The van der Waals surface area contributed by atoms with E-state index in [-0.39, 0.29) is 5.97 Å². The number of rotatable bonds is 7. The van der Waals surface area contributed by atoms with Crippen LogP contribution in [0.2, 0.25) is 32.2 Å². The molecular weight excluding hydrogens is 236 g/mol. The van der Waals surface area contributed by atoms with E-state index >= 15 is 0 Å². The minimum Gasteiger partial charge on any atom is -0.462 e. The van der Waals surface area contributed by atoms with Crippen LogP contribution in [0.5, 0.6) is 0 Å². The Bertz CT molecular complexity index is 250. The van der Waals surface area contributed by atoms with E-state index in [2.05, 4.69) is 32.8 Å². The second-order valence-electron chi connectivity index (χ2n) is 4.79. The number of hydrogen-bond donors (Lipinski definition) is 0. The molecule has 0 rings (SSSR count). The molecule has 0 bridgehead atoms. The predicted molar refractivity (Wildman–Crippen MR) is 71.2 cm³/mol. The van der Waals surface area contributed by atoms with Gasteiger partial charge in [-0.15, -0.1) is 0 Å². The van der Waals surface area contributed by atoms with Gasteiger partial charge >= 0.3 is 5.97 Å². The van der Waals surface area contributed by atoms with Crippen molar-refractivity contribution in [2.45, 2.75) is 45.6 Å².